The van der Waals surface area contributed by atoms with Crippen LogP contribution in [0.5, 0.6) is 0 Å². The van der Waals surface area contributed by atoms with Gasteiger partial charge in [0, 0.05) is 13.1 Å². The van der Waals surface area contributed by atoms with Gasteiger partial charge >= 0.3 is 6.09 Å². The molecular formula is C24H32N2O4. The van der Waals surface area contributed by atoms with Crippen LogP contribution in [0.4, 0.5) is 4.79 Å². The number of methoxy groups -OCH3 is 2. The Morgan fingerprint density at radius 1 is 1.07 bits per heavy atom. The van der Waals surface area contributed by atoms with Crippen molar-refractivity contribution < 1.29 is 19.0 Å². The summed E-state index contributed by atoms with van der Waals surface area (Å²) in [5.41, 5.74) is 3.26. The van der Waals surface area contributed by atoms with E-state index in [2.05, 4.69) is 29.3 Å². The number of likely N-dealkylation sites (tertiary alicyclic amines) is 1. The number of hydrogen-bond acceptors (Lipinski definition) is 5. The molecule has 3 rings (SSSR count). The van der Waals surface area contributed by atoms with Crippen LogP contribution in [0.15, 0.2) is 52.9 Å². The van der Waals surface area contributed by atoms with Crippen molar-refractivity contribution in [1.29, 1.82) is 0 Å². The second-order valence-electron chi connectivity index (χ2n) is 8.54. The Morgan fingerprint density at radius 2 is 1.73 bits per heavy atom. The molecule has 0 bridgehead atoms. The molecule has 1 aromatic carbocycles. The molecule has 0 N–H and O–H groups in total. The van der Waals surface area contributed by atoms with E-state index in [1.807, 2.05) is 32.9 Å². The minimum absolute atomic E-state index is 0.0272. The zero-order valence-corrected chi connectivity index (χ0v) is 18.6. The number of nitrogens with zero attached hydrogens (tertiary/aromatic N) is 2. The molecule has 0 radical (unpaired) electrons. The summed E-state index contributed by atoms with van der Waals surface area (Å²) >= 11 is 0. The van der Waals surface area contributed by atoms with Crippen molar-refractivity contribution in [3.05, 3.63) is 53.4 Å². The van der Waals surface area contributed by atoms with Crippen molar-refractivity contribution in [3.8, 4) is 0 Å². The third-order valence-electron chi connectivity index (χ3n) is 5.30. The summed E-state index contributed by atoms with van der Waals surface area (Å²) < 4.78 is 16.5. The molecule has 1 fully saturated rings. The van der Waals surface area contributed by atoms with Gasteiger partial charge in [-0.3, -0.25) is 0 Å². The van der Waals surface area contributed by atoms with Crippen LogP contribution < -0.4 is 0 Å². The molecule has 2 aliphatic heterocycles. The highest BCUT2D eigenvalue weighted by Gasteiger charge is 2.31. The lowest BCUT2D eigenvalue weighted by molar-refractivity contribution is 0.0236. The predicted molar refractivity (Wildman–Crippen MR) is 118 cm³/mol. The number of benzene rings is 1. The number of aliphatic imine (C=N–C) groups is 1. The summed E-state index contributed by atoms with van der Waals surface area (Å²) in [6.07, 6.45) is 4.13. The fourth-order valence-corrected chi connectivity index (χ4v) is 3.93. The summed E-state index contributed by atoms with van der Waals surface area (Å²) in [5.74, 6) is 1.27. The number of hydrogen-bond donors (Lipinski definition) is 0. The third-order valence-corrected chi connectivity index (χ3v) is 5.30. The molecule has 0 spiro atoms. The van der Waals surface area contributed by atoms with Crippen LogP contribution in [0.1, 0.15) is 45.6 Å². The highest BCUT2D eigenvalue weighted by Crippen LogP contribution is 2.37. The molecule has 6 nitrogen and oxygen atoms in total. The SMILES string of the molecule is COC1=CCC(C(=C2CCN(C(=O)OC(C)(C)C)CC2)c2ccccc2)C(OC)=N1. The molecule has 162 valence electrons. The Morgan fingerprint density at radius 3 is 2.30 bits per heavy atom. The zero-order valence-electron chi connectivity index (χ0n) is 18.6. The fraction of sp³-hybridized carbons (Fsp3) is 0.500. The molecule has 0 saturated carbocycles. The predicted octanol–water partition coefficient (Wildman–Crippen LogP) is 5.02. The topological polar surface area (TPSA) is 60.4 Å². The molecule has 1 unspecified atom stereocenters. The molecule has 1 amide bonds. The monoisotopic (exact) mass is 412 g/mol. The Bertz CT molecular complexity index is 840. The number of rotatable bonds is 3. The molecule has 1 atom stereocenters. The Kier molecular flexibility index (Phi) is 6.85. The largest absolute Gasteiger partial charge is 0.484 e. The van der Waals surface area contributed by atoms with Crippen LogP contribution in [-0.4, -0.2) is 49.8 Å². The number of piperidine rings is 1. The number of ether oxygens (including phenoxy) is 3. The van der Waals surface area contributed by atoms with Gasteiger partial charge in [-0.15, -0.1) is 0 Å². The van der Waals surface area contributed by atoms with Gasteiger partial charge in [0.15, 0.2) is 5.90 Å². The highest BCUT2D eigenvalue weighted by molar-refractivity contribution is 5.94. The maximum Gasteiger partial charge on any atom is 0.410 e. The van der Waals surface area contributed by atoms with Crippen molar-refractivity contribution in [3.63, 3.8) is 0 Å². The van der Waals surface area contributed by atoms with Crippen molar-refractivity contribution in [2.24, 2.45) is 10.9 Å². The summed E-state index contributed by atoms with van der Waals surface area (Å²) in [5, 5.41) is 0. The second kappa shape index (κ2) is 9.37. The van der Waals surface area contributed by atoms with Crippen LogP contribution in [0.25, 0.3) is 5.57 Å². The highest BCUT2D eigenvalue weighted by atomic mass is 16.6. The number of carbonyl (C=O) groups excluding carboxylic acids is 1. The van der Waals surface area contributed by atoms with Gasteiger partial charge in [0.05, 0.1) is 20.1 Å². The van der Waals surface area contributed by atoms with Crippen molar-refractivity contribution in [1.82, 2.24) is 4.90 Å². The van der Waals surface area contributed by atoms with Gasteiger partial charge in [-0.25, -0.2) is 4.79 Å². The zero-order chi connectivity index (χ0) is 21.7. The number of allylic oxidation sites excluding steroid dienone is 1. The maximum absolute atomic E-state index is 12.5. The van der Waals surface area contributed by atoms with Crippen molar-refractivity contribution in [2.75, 3.05) is 27.3 Å². The molecule has 30 heavy (non-hydrogen) atoms. The number of amides is 1. The number of carbonyl (C=O) groups is 1. The van der Waals surface area contributed by atoms with Crippen LogP contribution in [0, 0.1) is 5.92 Å². The quantitative estimate of drug-likeness (QED) is 0.699. The van der Waals surface area contributed by atoms with E-state index >= 15 is 0 Å². The first-order chi connectivity index (χ1) is 14.3. The van der Waals surface area contributed by atoms with E-state index in [0.717, 1.165) is 19.3 Å². The van der Waals surface area contributed by atoms with Crippen molar-refractivity contribution in [2.45, 2.75) is 45.6 Å². The second-order valence-corrected chi connectivity index (χ2v) is 8.54. The van der Waals surface area contributed by atoms with Crippen LogP contribution in [0.2, 0.25) is 0 Å². The molecule has 0 aromatic heterocycles. The van der Waals surface area contributed by atoms with Gasteiger partial charge in [0.25, 0.3) is 0 Å². The van der Waals surface area contributed by atoms with Crippen LogP contribution in [0.3, 0.4) is 0 Å². The summed E-state index contributed by atoms with van der Waals surface area (Å²) in [4.78, 5) is 18.8. The minimum Gasteiger partial charge on any atom is -0.484 e. The first-order valence-electron chi connectivity index (χ1n) is 10.4. The molecule has 0 aliphatic carbocycles. The fourth-order valence-electron chi connectivity index (χ4n) is 3.93. The molecule has 2 heterocycles. The van der Waals surface area contributed by atoms with E-state index in [9.17, 15) is 4.79 Å². The van der Waals surface area contributed by atoms with Gasteiger partial charge in [-0.05, 0) is 57.2 Å². The molecule has 2 aliphatic rings. The first kappa shape index (κ1) is 21.9. The Labute approximate surface area is 179 Å². The maximum atomic E-state index is 12.5. The van der Waals surface area contributed by atoms with E-state index in [1.165, 1.54) is 16.7 Å². The summed E-state index contributed by atoms with van der Waals surface area (Å²) in [6, 6.07) is 10.4. The lowest BCUT2D eigenvalue weighted by atomic mass is 9.82. The Hall–Kier alpha value is -2.76. The smallest absolute Gasteiger partial charge is 0.410 e. The Balaban J connectivity index is 1.88. The van der Waals surface area contributed by atoms with Gasteiger partial charge < -0.3 is 19.1 Å². The van der Waals surface area contributed by atoms with E-state index < -0.39 is 5.60 Å². The standard InChI is InChI=1S/C24H32N2O4/c1-24(2,3)30-23(27)26-15-13-18(14-16-26)21(17-9-7-6-8-10-17)19-11-12-20(28-4)25-22(19)29-5/h6-10,12,19H,11,13-16H2,1-5H3. The van der Waals surface area contributed by atoms with Crippen molar-refractivity contribution >= 4 is 17.6 Å². The molecular weight excluding hydrogens is 380 g/mol. The van der Waals surface area contributed by atoms with Crippen LogP contribution in [-0.2, 0) is 14.2 Å². The van der Waals surface area contributed by atoms with E-state index in [1.54, 1.807) is 19.1 Å². The van der Waals surface area contributed by atoms with E-state index in [-0.39, 0.29) is 12.0 Å². The lowest BCUT2D eigenvalue weighted by Gasteiger charge is -2.33. The van der Waals surface area contributed by atoms with E-state index in [0.29, 0.717) is 24.9 Å². The minimum atomic E-state index is -0.486. The van der Waals surface area contributed by atoms with Gasteiger partial charge in [-0.1, -0.05) is 35.9 Å². The van der Waals surface area contributed by atoms with Gasteiger partial charge in [-0.2, -0.15) is 4.99 Å². The normalized spacial score (nSPS) is 19.6. The average Bonchev–Trinajstić information content (AvgIpc) is 2.74. The molecule has 1 saturated heterocycles. The van der Waals surface area contributed by atoms with E-state index in [4.69, 9.17) is 14.2 Å². The van der Waals surface area contributed by atoms with Gasteiger partial charge in [0.2, 0.25) is 5.88 Å². The summed E-state index contributed by atoms with van der Waals surface area (Å²) in [6.45, 7) is 6.97. The average molecular weight is 413 g/mol. The molecule has 6 heteroatoms. The van der Waals surface area contributed by atoms with Gasteiger partial charge in [0.1, 0.15) is 5.60 Å². The van der Waals surface area contributed by atoms with Crippen LogP contribution >= 0.6 is 0 Å². The lowest BCUT2D eigenvalue weighted by Crippen LogP contribution is -2.40. The molecule has 1 aromatic rings. The third kappa shape index (κ3) is 5.23. The first-order valence-corrected chi connectivity index (χ1v) is 10.4. The summed E-state index contributed by atoms with van der Waals surface area (Å²) in [7, 11) is 3.27.